The first kappa shape index (κ1) is 11.9. The van der Waals surface area contributed by atoms with E-state index < -0.39 is 0 Å². The molecule has 0 aliphatic carbocycles. The highest BCUT2D eigenvalue weighted by Crippen LogP contribution is 2.17. The van der Waals surface area contributed by atoms with E-state index in [4.69, 9.17) is 4.74 Å². The number of piperidine rings is 1. The molecule has 1 unspecified atom stereocenters. The first-order chi connectivity index (χ1) is 8.20. The lowest BCUT2D eigenvalue weighted by molar-refractivity contribution is -0.120. The summed E-state index contributed by atoms with van der Waals surface area (Å²) in [6.07, 6.45) is 1.98. The largest absolute Gasteiger partial charge is 0.481 e. The van der Waals surface area contributed by atoms with Crippen molar-refractivity contribution in [1.29, 1.82) is 0 Å². The summed E-state index contributed by atoms with van der Waals surface area (Å²) in [4.78, 5) is 11.9. The highest BCUT2D eigenvalue weighted by molar-refractivity contribution is 5.92. The summed E-state index contributed by atoms with van der Waals surface area (Å²) in [5.41, 5.74) is 0. The van der Waals surface area contributed by atoms with Crippen LogP contribution in [-0.4, -0.2) is 35.9 Å². The van der Waals surface area contributed by atoms with Gasteiger partial charge in [-0.15, -0.1) is 0 Å². The van der Waals surface area contributed by atoms with Crippen LogP contribution in [0.2, 0.25) is 0 Å². The number of rotatable bonds is 3. The molecule has 2 N–H and O–H groups in total. The fraction of sp³-hybridized carbons (Fsp3) is 0.636. The van der Waals surface area contributed by atoms with Crippen LogP contribution in [0, 0.1) is 5.92 Å². The molecule has 94 valence electrons. The van der Waals surface area contributed by atoms with Gasteiger partial charge in [-0.3, -0.25) is 4.79 Å². The number of amides is 1. The molecule has 2 rings (SSSR count). The predicted molar refractivity (Wildman–Crippen MR) is 64.0 cm³/mol. The second-order valence-corrected chi connectivity index (χ2v) is 4.23. The molecule has 2 heterocycles. The van der Waals surface area contributed by atoms with E-state index in [-0.39, 0.29) is 11.8 Å². The number of aromatic nitrogens is 2. The van der Waals surface area contributed by atoms with E-state index in [9.17, 15) is 4.79 Å². The van der Waals surface area contributed by atoms with Gasteiger partial charge in [0.2, 0.25) is 11.8 Å². The van der Waals surface area contributed by atoms with Gasteiger partial charge < -0.3 is 15.4 Å². The van der Waals surface area contributed by atoms with E-state index in [2.05, 4.69) is 15.7 Å². The van der Waals surface area contributed by atoms with E-state index >= 15 is 0 Å². The van der Waals surface area contributed by atoms with Crippen molar-refractivity contribution in [2.24, 2.45) is 13.0 Å². The number of hydrogen-bond donors (Lipinski definition) is 2. The summed E-state index contributed by atoms with van der Waals surface area (Å²) in [5.74, 6) is 1.23. The Kier molecular flexibility index (Phi) is 3.63. The fourth-order valence-electron chi connectivity index (χ4n) is 2.01. The minimum Gasteiger partial charge on any atom is -0.481 e. The van der Waals surface area contributed by atoms with Gasteiger partial charge in [0.25, 0.3) is 0 Å². The Hall–Kier alpha value is -1.56. The van der Waals surface area contributed by atoms with Gasteiger partial charge in [-0.05, 0) is 19.4 Å². The van der Waals surface area contributed by atoms with Gasteiger partial charge in [0, 0.05) is 19.7 Å². The van der Waals surface area contributed by atoms with Crippen LogP contribution in [0.15, 0.2) is 6.07 Å². The molecule has 0 aromatic carbocycles. The number of nitrogens with zero attached hydrogens (tertiary/aromatic N) is 2. The highest BCUT2D eigenvalue weighted by Gasteiger charge is 2.21. The van der Waals surface area contributed by atoms with E-state index in [0.29, 0.717) is 11.7 Å². The predicted octanol–water partition coefficient (Wildman–Crippen LogP) is 0.367. The molecule has 1 aliphatic heterocycles. The molecule has 1 amide bonds. The molecule has 1 aromatic rings. The minimum absolute atomic E-state index is 0.0259. The number of ether oxygens (including phenoxy) is 1. The number of anilines is 1. The molecule has 0 radical (unpaired) electrons. The smallest absolute Gasteiger partial charge is 0.229 e. The first-order valence-corrected chi connectivity index (χ1v) is 5.80. The van der Waals surface area contributed by atoms with Crippen LogP contribution in [0.4, 0.5) is 5.82 Å². The van der Waals surface area contributed by atoms with Gasteiger partial charge >= 0.3 is 0 Å². The summed E-state index contributed by atoms with van der Waals surface area (Å²) in [6.45, 7) is 1.75. The van der Waals surface area contributed by atoms with Crippen LogP contribution in [0.1, 0.15) is 12.8 Å². The Bertz CT molecular complexity index is 396. The number of carbonyl (C=O) groups is 1. The van der Waals surface area contributed by atoms with Crippen molar-refractivity contribution in [3.8, 4) is 5.88 Å². The summed E-state index contributed by atoms with van der Waals surface area (Å²) in [7, 11) is 3.35. The zero-order valence-corrected chi connectivity index (χ0v) is 10.2. The summed E-state index contributed by atoms with van der Waals surface area (Å²) in [6, 6.07) is 1.72. The van der Waals surface area contributed by atoms with Gasteiger partial charge in [-0.25, -0.2) is 4.68 Å². The average Bonchev–Trinajstić information content (AvgIpc) is 2.70. The SMILES string of the molecule is COc1cc(NC(=O)C2CCCNC2)nn1C. The van der Waals surface area contributed by atoms with Crippen LogP contribution in [0.25, 0.3) is 0 Å². The topological polar surface area (TPSA) is 68.2 Å². The van der Waals surface area contributed by atoms with E-state index in [1.54, 1.807) is 24.9 Å². The molecule has 0 spiro atoms. The fourth-order valence-corrected chi connectivity index (χ4v) is 2.01. The molecule has 0 saturated carbocycles. The van der Waals surface area contributed by atoms with Crippen molar-refractivity contribution < 1.29 is 9.53 Å². The van der Waals surface area contributed by atoms with Crippen LogP contribution in [-0.2, 0) is 11.8 Å². The maximum Gasteiger partial charge on any atom is 0.229 e. The number of aryl methyl sites for hydroxylation is 1. The van der Waals surface area contributed by atoms with Crippen molar-refractivity contribution in [3.63, 3.8) is 0 Å². The third kappa shape index (κ3) is 2.76. The molecular weight excluding hydrogens is 220 g/mol. The lowest BCUT2D eigenvalue weighted by Crippen LogP contribution is -2.37. The van der Waals surface area contributed by atoms with Crippen molar-refractivity contribution >= 4 is 11.7 Å². The van der Waals surface area contributed by atoms with Gasteiger partial charge in [-0.1, -0.05) is 0 Å². The molecule has 1 fully saturated rings. The van der Waals surface area contributed by atoms with Crippen LogP contribution in [0.5, 0.6) is 5.88 Å². The second-order valence-electron chi connectivity index (χ2n) is 4.23. The van der Waals surface area contributed by atoms with Crippen molar-refractivity contribution in [2.75, 3.05) is 25.5 Å². The summed E-state index contributed by atoms with van der Waals surface area (Å²) >= 11 is 0. The van der Waals surface area contributed by atoms with Crippen molar-refractivity contribution in [1.82, 2.24) is 15.1 Å². The molecule has 1 aliphatic rings. The molecule has 6 heteroatoms. The molecule has 17 heavy (non-hydrogen) atoms. The Balaban J connectivity index is 1.97. The Labute approximate surface area is 100 Å². The normalized spacial score (nSPS) is 20.0. The zero-order chi connectivity index (χ0) is 12.3. The average molecular weight is 238 g/mol. The molecule has 6 nitrogen and oxygen atoms in total. The Morgan fingerprint density at radius 2 is 2.53 bits per heavy atom. The zero-order valence-electron chi connectivity index (χ0n) is 10.2. The maximum absolute atomic E-state index is 11.9. The number of methoxy groups -OCH3 is 1. The summed E-state index contributed by atoms with van der Waals surface area (Å²) in [5, 5.41) is 10.2. The maximum atomic E-state index is 11.9. The quantitative estimate of drug-likeness (QED) is 0.798. The second kappa shape index (κ2) is 5.18. The molecule has 1 aromatic heterocycles. The van der Waals surface area contributed by atoms with Crippen molar-refractivity contribution in [3.05, 3.63) is 6.07 Å². The molecular formula is C11H18N4O2. The first-order valence-electron chi connectivity index (χ1n) is 5.80. The lowest BCUT2D eigenvalue weighted by Gasteiger charge is -2.21. The number of carbonyl (C=O) groups excluding carboxylic acids is 1. The van der Waals surface area contributed by atoms with Gasteiger partial charge in [0.1, 0.15) is 0 Å². The van der Waals surface area contributed by atoms with E-state index in [1.165, 1.54) is 0 Å². The van der Waals surface area contributed by atoms with Crippen molar-refractivity contribution in [2.45, 2.75) is 12.8 Å². The minimum atomic E-state index is 0.0259. The van der Waals surface area contributed by atoms with Crippen LogP contribution >= 0.6 is 0 Å². The van der Waals surface area contributed by atoms with Crippen LogP contribution in [0.3, 0.4) is 0 Å². The summed E-state index contributed by atoms with van der Waals surface area (Å²) < 4.78 is 6.68. The Morgan fingerprint density at radius 1 is 1.71 bits per heavy atom. The van der Waals surface area contributed by atoms with E-state index in [0.717, 1.165) is 25.9 Å². The van der Waals surface area contributed by atoms with Crippen LogP contribution < -0.4 is 15.4 Å². The molecule has 1 atom stereocenters. The monoisotopic (exact) mass is 238 g/mol. The van der Waals surface area contributed by atoms with Gasteiger partial charge in [0.15, 0.2) is 5.82 Å². The van der Waals surface area contributed by atoms with Gasteiger partial charge in [-0.2, -0.15) is 5.10 Å². The Morgan fingerprint density at radius 3 is 3.12 bits per heavy atom. The number of nitrogens with one attached hydrogen (secondary N) is 2. The standard InChI is InChI=1S/C11H18N4O2/c1-15-10(17-2)6-9(14-15)13-11(16)8-4-3-5-12-7-8/h6,8,12H,3-5,7H2,1-2H3,(H,13,14,16). The molecule has 1 saturated heterocycles. The highest BCUT2D eigenvalue weighted by atomic mass is 16.5. The third-order valence-electron chi connectivity index (χ3n) is 2.96. The van der Waals surface area contributed by atoms with E-state index in [1.807, 2.05) is 0 Å². The lowest BCUT2D eigenvalue weighted by atomic mass is 9.99. The van der Waals surface area contributed by atoms with Gasteiger partial charge in [0.05, 0.1) is 13.0 Å². The third-order valence-corrected chi connectivity index (χ3v) is 2.96. The number of hydrogen-bond acceptors (Lipinski definition) is 4. The molecule has 0 bridgehead atoms.